The molecule has 0 aliphatic heterocycles. The highest BCUT2D eigenvalue weighted by Crippen LogP contribution is 2.42. The zero-order valence-corrected chi connectivity index (χ0v) is 34.6. The van der Waals surface area contributed by atoms with Gasteiger partial charge in [0.2, 0.25) is 0 Å². The Bertz CT molecular complexity index is 3870. The highest BCUT2D eigenvalue weighted by atomic mass is 15.0. The minimum absolute atomic E-state index is 0.607. The lowest BCUT2D eigenvalue weighted by Gasteiger charge is -2.16. The van der Waals surface area contributed by atoms with Gasteiger partial charge in [-0.3, -0.25) is 0 Å². The fraction of sp³-hybridized carbons (Fsp3) is 0. The van der Waals surface area contributed by atoms with Gasteiger partial charge in [-0.1, -0.05) is 200 Å². The zero-order valence-electron chi connectivity index (χ0n) is 34.6. The lowest BCUT2D eigenvalue weighted by Crippen LogP contribution is -2.01. The minimum Gasteiger partial charge on any atom is -0.247 e. The quantitative estimate of drug-likeness (QED) is 0.162. The summed E-state index contributed by atoms with van der Waals surface area (Å²) in [6.45, 7) is 0. The molecule has 64 heavy (non-hydrogen) atoms. The van der Waals surface area contributed by atoms with Gasteiger partial charge in [-0.25, -0.2) is 19.9 Å². The third-order valence-corrected chi connectivity index (χ3v) is 12.9. The van der Waals surface area contributed by atoms with E-state index >= 15 is 0 Å². The van der Waals surface area contributed by atoms with Gasteiger partial charge < -0.3 is 0 Å². The molecule has 11 aromatic carbocycles. The van der Waals surface area contributed by atoms with Crippen molar-refractivity contribution in [1.29, 1.82) is 0 Å². The van der Waals surface area contributed by atoms with Gasteiger partial charge in [0.25, 0.3) is 0 Å². The van der Waals surface area contributed by atoms with Crippen molar-refractivity contribution in [3.8, 4) is 56.5 Å². The highest BCUT2D eigenvalue weighted by Gasteiger charge is 2.20. The van der Waals surface area contributed by atoms with Crippen LogP contribution in [-0.2, 0) is 0 Å². The van der Waals surface area contributed by atoms with Crippen LogP contribution in [0.2, 0.25) is 0 Å². The molecule has 0 atom stereocenters. The maximum atomic E-state index is 5.44. The van der Waals surface area contributed by atoms with Gasteiger partial charge in [0, 0.05) is 38.4 Å². The molecule has 0 spiro atoms. The number of pyridine rings is 1. The third-order valence-electron chi connectivity index (χ3n) is 12.9. The van der Waals surface area contributed by atoms with Crippen molar-refractivity contribution in [3.63, 3.8) is 0 Å². The van der Waals surface area contributed by atoms with Crippen LogP contribution in [0, 0.1) is 0 Å². The van der Waals surface area contributed by atoms with E-state index in [1.807, 2.05) is 0 Å². The van der Waals surface area contributed by atoms with E-state index in [2.05, 4.69) is 218 Å². The lowest BCUT2D eigenvalue weighted by molar-refractivity contribution is 1.08. The van der Waals surface area contributed by atoms with E-state index in [-0.39, 0.29) is 0 Å². The molecule has 0 unspecified atom stereocenters. The summed E-state index contributed by atoms with van der Waals surface area (Å²) in [7, 11) is 0. The van der Waals surface area contributed by atoms with Crippen LogP contribution in [0.1, 0.15) is 0 Å². The number of rotatable bonds is 5. The topological polar surface area (TPSA) is 51.6 Å². The molecule has 0 bridgehead atoms. The molecule has 0 fully saturated rings. The van der Waals surface area contributed by atoms with Gasteiger partial charge in [-0.15, -0.1) is 0 Å². The SMILES string of the molecule is c1ccc(-c2cccc3nc(-c4ccc(-c5nc(-c6cc7ccccc7c7ccccc67)nc(-c6cc7ccccc7c7ccccc67)n5)cc4)c4ccc5ccccc5c4c23)cc1. The summed E-state index contributed by atoms with van der Waals surface area (Å²) >= 11 is 0. The van der Waals surface area contributed by atoms with Crippen molar-refractivity contribution in [2.45, 2.75) is 0 Å². The molecule has 13 aromatic rings. The molecule has 296 valence electrons. The number of aromatic nitrogens is 4. The Labute approximate surface area is 368 Å². The molecule has 2 aromatic heterocycles. The fourth-order valence-corrected chi connectivity index (χ4v) is 9.89. The lowest BCUT2D eigenvalue weighted by atomic mass is 9.91. The van der Waals surface area contributed by atoms with E-state index in [4.69, 9.17) is 19.9 Å². The van der Waals surface area contributed by atoms with E-state index in [0.29, 0.717) is 17.5 Å². The first-order valence-electron chi connectivity index (χ1n) is 21.7. The summed E-state index contributed by atoms with van der Waals surface area (Å²) in [5, 5.41) is 15.1. The molecule has 0 amide bonds. The monoisotopic (exact) mass is 812 g/mol. The van der Waals surface area contributed by atoms with Crippen molar-refractivity contribution < 1.29 is 0 Å². The fourth-order valence-electron chi connectivity index (χ4n) is 9.89. The van der Waals surface area contributed by atoms with Crippen molar-refractivity contribution in [3.05, 3.63) is 218 Å². The summed E-state index contributed by atoms with van der Waals surface area (Å²) in [6, 6.07) is 77.5. The van der Waals surface area contributed by atoms with Crippen LogP contribution < -0.4 is 0 Å². The molecule has 0 aliphatic rings. The maximum Gasteiger partial charge on any atom is 0.164 e. The molecule has 13 rings (SSSR count). The van der Waals surface area contributed by atoms with E-state index in [1.165, 1.54) is 48.8 Å². The zero-order chi connectivity index (χ0) is 42.1. The normalized spacial score (nSPS) is 11.8. The predicted octanol–water partition coefficient (Wildman–Crippen LogP) is 15.7. The van der Waals surface area contributed by atoms with Crippen LogP contribution in [0.15, 0.2) is 218 Å². The predicted molar refractivity (Wildman–Crippen MR) is 267 cm³/mol. The molecule has 0 saturated heterocycles. The van der Waals surface area contributed by atoms with Gasteiger partial charge in [-0.05, 0) is 83.2 Å². The summed E-state index contributed by atoms with van der Waals surface area (Å²) in [5.41, 5.74) is 8.09. The van der Waals surface area contributed by atoms with Crippen molar-refractivity contribution in [1.82, 2.24) is 19.9 Å². The highest BCUT2D eigenvalue weighted by molar-refractivity contribution is 6.25. The number of fused-ring (bicyclic) bond motifs is 11. The van der Waals surface area contributed by atoms with Crippen LogP contribution in [0.5, 0.6) is 0 Å². The van der Waals surface area contributed by atoms with Crippen LogP contribution in [-0.4, -0.2) is 19.9 Å². The van der Waals surface area contributed by atoms with Gasteiger partial charge >= 0.3 is 0 Å². The number of hydrogen-bond acceptors (Lipinski definition) is 4. The summed E-state index contributed by atoms with van der Waals surface area (Å²) < 4.78 is 0. The largest absolute Gasteiger partial charge is 0.247 e. The van der Waals surface area contributed by atoms with E-state index in [0.717, 1.165) is 65.8 Å². The van der Waals surface area contributed by atoms with Gasteiger partial charge in [0.05, 0.1) is 11.2 Å². The van der Waals surface area contributed by atoms with Gasteiger partial charge in [0.1, 0.15) is 0 Å². The van der Waals surface area contributed by atoms with Crippen molar-refractivity contribution in [2.75, 3.05) is 0 Å². The molecule has 0 aliphatic carbocycles. The van der Waals surface area contributed by atoms with E-state index in [1.54, 1.807) is 0 Å². The van der Waals surface area contributed by atoms with Gasteiger partial charge in [-0.2, -0.15) is 0 Å². The molecule has 4 heteroatoms. The number of hydrogen-bond donors (Lipinski definition) is 0. The smallest absolute Gasteiger partial charge is 0.164 e. The maximum absolute atomic E-state index is 5.44. The van der Waals surface area contributed by atoms with Crippen LogP contribution in [0.3, 0.4) is 0 Å². The molecular weight excluding hydrogens is 777 g/mol. The average molecular weight is 813 g/mol. The number of nitrogens with zero attached hydrogens (tertiary/aromatic N) is 4. The number of benzene rings is 11. The second-order valence-electron chi connectivity index (χ2n) is 16.5. The Morgan fingerprint density at radius 1 is 0.234 bits per heavy atom. The Balaban J connectivity index is 1.03. The Hall–Kier alpha value is -8.60. The molecule has 4 nitrogen and oxygen atoms in total. The molecule has 0 radical (unpaired) electrons. The molecule has 0 N–H and O–H groups in total. The van der Waals surface area contributed by atoms with Gasteiger partial charge in [0.15, 0.2) is 17.5 Å². The third kappa shape index (κ3) is 5.77. The first-order valence-corrected chi connectivity index (χ1v) is 21.7. The van der Waals surface area contributed by atoms with E-state index < -0.39 is 0 Å². The average Bonchev–Trinajstić information content (AvgIpc) is 3.37. The molecule has 0 saturated carbocycles. The molecule has 2 heterocycles. The first kappa shape index (κ1) is 36.1. The second kappa shape index (κ2) is 14.5. The first-order chi connectivity index (χ1) is 31.7. The minimum atomic E-state index is 0.607. The van der Waals surface area contributed by atoms with Crippen molar-refractivity contribution >= 4 is 75.5 Å². The van der Waals surface area contributed by atoms with Crippen molar-refractivity contribution in [2.24, 2.45) is 0 Å². The Morgan fingerprint density at radius 3 is 1.36 bits per heavy atom. The summed E-state index contributed by atoms with van der Waals surface area (Å²) in [4.78, 5) is 21.5. The summed E-state index contributed by atoms with van der Waals surface area (Å²) in [5.74, 6) is 1.87. The van der Waals surface area contributed by atoms with Crippen LogP contribution in [0.25, 0.3) is 132 Å². The summed E-state index contributed by atoms with van der Waals surface area (Å²) in [6.07, 6.45) is 0. The van der Waals surface area contributed by atoms with Crippen LogP contribution in [0.4, 0.5) is 0 Å². The van der Waals surface area contributed by atoms with E-state index in [9.17, 15) is 0 Å². The standard InChI is InChI=1S/C60H36N4/c1-2-15-37(16-3-1)46-27-14-28-54-56(46)55-45-22-9-4-17-38(45)33-34-51(55)57(61-54)39-29-31-40(32-30-39)58-62-59(52-35-41-18-5-7-20-43(41)47-23-10-12-25-49(47)52)64-60(63-58)53-36-42-19-6-8-21-44(42)48-24-11-13-26-50(48)53/h1-36H. The Kier molecular flexibility index (Phi) is 8.18. The molecular formula is C60H36N4. The second-order valence-corrected chi connectivity index (χ2v) is 16.5. The Morgan fingerprint density at radius 2 is 0.734 bits per heavy atom. The van der Waals surface area contributed by atoms with Crippen LogP contribution >= 0.6 is 0 Å².